The van der Waals surface area contributed by atoms with Crippen LogP contribution in [0.5, 0.6) is 0 Å². The Morgan fingerprint density at radius 3 is 1.37 bits per heavy atom. The number of furan rings is 1. The summed E-state index contributed by atoms with van der Waals surface area (Å²) < 4.78 is 6.21. The average Bonchev–Trinajstić information content (AvgIpc) is 3.88. The molecule has 3 nitrogen and oxygen atoms in total. The fraction of sp³-hybridized carbons (Fsp3) is 0.0169. The van der Waals surface area contributed by atoms with Crippen LogP contribution in [0.3, 0.4) is 0 Å². The van der Waals surface area contributed by atoms with Crippen molar-refractivity contribution < 1.29 is 4.42 Å². The molecule has 12 rings (SSSR count). The monoisotopic (exact) mass is 790 g/mol. The Labute approximate surface area is 360 Å². The van der Waals surface area contributed by atoms with E-state index in [9.17, 15) is 0 Å². The minimum atomic E-state index is -0.602. The lowest BCUT2D eigenvalue weighted by Gasteiger charge is -2.34. The van der Waals surface area contributed by atoms with Gasteiger partial charge in [-0.25, -0.2) is 9.97 Å². The zero-order valence-corrected chi connectivity index (χ0v) is 33.7. The Morgan fingerprint density at radius 1 is 0.306 bits per heavy atom. The molecular formula is C59H38N2O. The van der Waals surface area contributed by atoms with Crippen molar-refractivity contribution in [3.05, 3.63) is 253 Å². The van der Waals surface area contributed by atoms with Gasteiger partial charge in [-0.1, -0.05) is 188 Å². The van der Waals surface area contributed by atoms with E-state index in [1.807, 2.05) is 30.3 Å². The van der Waals surface area contributed by atoms with Crippen LogP contribution in [-0.2, 0) is 5.41 Å². The normalized spacial score (nSPS) is 12.6. The van der Waals surface area contributed by atoms with Gasteiger partial charge in [0.15, 0.2) is 5.82 Å². The summed E-state index contributed by atoms with van der Waals surface area (Å²) in [6.07, 6.45) is 0. The lowest BCUT2D eigenvalue weighted by Crippen LogP contribution is -2.28. The minimum absolute atomic E-state index is 0.602. The highest BCUT2D eigenvalue weighted by atomic mass is 16.3. The Hall–Kier alpha value is -8.14. The van der Waals surface area contributed by atoms with E-state index in [1.165, 1.54) is 55.6 Å². The molecule has 62 heavy (non-hydrogen) atoms. The van der Waals surface area contributed by atoms with Gasteiger partial charge in [0.1, 0.15) is 11.2 Å². The highest BCUT2D eigenvalue weighted by Gasteiger charge is 2.46. The van der Waals surface area contributed by atoms with Crippen LogP contribution in [-0.4, -0.2) is 9.97 Å². The molecule has 0 atom stereocenters. The van der Waals surface area contributed by atoms with Gasteiger partial charge >= 0.3 is 0 Å². The van der Waals surface area contributed by atoms with Gasteiger partial charge in [0.25, 0.3) is 0 Å². The largest absolute Gasteiger partial charge is 0.456 e. The second kappa shape index (κ2) is 14.5. The number of benzene rings is 9. The van der Waals surface area contributed by atoms with Crippen molar-refractivity contribution in [3.8, 4) is 67.3 Å². The van der Waals surface area contributed by atoms with Crippen molar-refractivity contribution in [2.75, 3.05) is 0 Å². The molecule has 0 fully saturated rings. The summed E-state index contributed by atoms with van der Waals surface area (Å²) in [5.74, 6) is 0.680. The Balaban J connectivity index is 1.06. The zero-order valence-electron chi connectivity index (χ0n) is 33.7. The van der Waals surface area contributed by atoms with Gasteiger partial charge in [-0.2, -0.15) is 0 Å². The lowest BCUT2D eigenvalue weighted by atomic mass is 9.67. The number of rotatable bonds is 7. The molecule has 2 heterocycles. The third-order valence-electron chi connectivity index (χ3n) is 12.6. The van der Waals surface area contributed by atoms with Crippen LogP contribution < -0.4 is 0 Å². The van der Waals surface area contributed by atoms with E-state index >= 15 is 0 Å². The first-order valence-electron chi connectivity index (χ1n) is 21.1. The Morgan fingerprint density at radius 2 is 0.742 bits per heavy atom. The molecule has 0 radical (unpaired) electrons. The molecule has 3 heteroatoms. The van der Waals surface area contributed by atoms with Gasteiger partial charge in [0.05, 0.1) is 16.8 Å². The Bertz CT molecular complexity index is 3390. The predicted octanol–water partition coefficient (Wildman–Crippen LogP) is 15.1. The van der Waals surface area contributed by atoms with E-state index < -0.39 is 5.41 Å². The molecule has 0 saturated heterocycles. The van der Waals surface area contributed by atoms with E-state index in [0.717, 1.165) is 50.0 Å². The smallest absolute Gasteiger partial charge is 0.160 e. The summed E-state index contributed by atoms with van der Waals surface area (Å²) in [6, 6.07) is 82.5. The molecule has 11 aromatic rings. The lowest BCUT2D eigenvalue weighted by molar-refractivity contribution is 0.669. The van der Waals surface area contributed by atoms with Crippen molar-refractivity contribution in [1.82, 2.24) is 9.97 Å². The maximum atomic E-state index is 6.21. The molecule has 1 aliphatic rings. The quantitative estimate of drug-likeness (QED) is 0.161. The Kier molecular flexibility index (Phi) is 8.39. The van der Waals surface area contributed by atoms with Gasteiger partial charge < -0.3 is 4.42 Å². The molecular weight excluding hydrogens is 753 g/mol. The molecule has 0 bridgehead atoms. The topological polar surface area (TPSA) is 38.9 Å². The standard InChI is InChI=1S/C59H38N2O/c1-5-15-39(16-6-1)40-25-27-41(28-26-40)43-29-32-48-49-33-30-45(37-53(49)59(52(48)36-43,46-19-9-3-10-20-46)47-21-11-4-12-22-47)55-38-54(60-58(61-55)42-17-7-2-8-18-42)44-31-34-57-51(35-44)50-23-13-14-24-56(50)62-57/h1-38H. The first kappa shape index (κ1) is 35.8. The predicted molar refractivity (Wildman–Crippen MR) is 254 cm³/mol. The van der Waals surface area contributed by atoms with Crippen LogP contribution in [0, 0.1) is 0 Å². The summed E-state index contributed by atoms with van der Waals surface area (Å²) in [4.78, 5) is 10.5. The zero-order chi connectivity index (χ0) is 41.0. The van der Waals surface area contributed by atoms with Crippen molar-refractivity contribution >= 4 is 21.9 Å². The van der Waals surface area contributed by atoms with E-state index in [4.69, 9.17) is 14.4 Å². The fourth-order valence-electron chi connectivity index (χ4n) is 9.66. The third kappa shape index (κ3) is 5.82. The molecule has 1 aliphatic carbocycles. The van der Waals surface area contributed by atoms with E-state index in [0.29, 0.717) is 5.82 Å². The number of aromatic nitrogens is 2. The minimum Gasteiger partial charge on any atom is -0.456 e. The fourth-order valence-corrected chi connectivity index (χ4v) is 9.66. The van der Waals surface area contributed by atoms with Gasteiger partial charge in [-0.3, -0.25) is 0 Å². The van der Waals surface area contributed by atoms with Crippen LogP contribution in [0.25, 0.3) is 89.2 Å². The maximum absolute atomic E-state index is 6.21. The summed E-state index contributed by atoms with van der Waals surface area (Å²) in [5, 5.41) is 2.16. The van der Waals surface area contributed by atoms with E-state index in [2.05, 4.69) is 200 Å². The molecule has 0 saturated carbocycles. The number of fused-ring (bicyclic) bond motifs is 6. The summed E-state index contributed by atoms with van der Waals surface area (Å²) in [5.41, 5.74) is 18.0. The number of hydrogen-bond donors (Lipinski definition) is 0. The first-order valence-corrected chi connectivity index (χ1v) is 21.1. The SMILES string of the molecule is c1ccc(-c2ccc(-c3ccc4c(c3)C(c3ccccc3)(c3ccccc3)c3cc(-c5cc(-c6ccc7oc8ccccc8c7c6)nc(-c6ccccc6)n5)ccc3-4)cc2)cc1. The summed E-state index contributed by atoms with van der Waals surface area (Å²) in [7, 11) is 0. The van der Waals surface area contributed by atoms with Crippen LogP contribution in [0.15, 0.2) is 235 Å². The first-order chi connectivity index (χ1) is 30.7. The molecule has 2 aromatic heterocycles. The van der Waals surface area contributed by atoms with Crippen molar-refractivity contribution in [1.29, 1.82) is 0 Å². The number of para-hydroxylation sites is 1. The highest BCUT2D eigenvalue weighted by molar-refractivity contribution is 6.06. The third-order valence-corrected chi connectivity index (χ3v) is 12.6. The number of hydrogen-bond acceptors (Lipinski definition) is 3. The molecule has 0 N–H and O–H groups in total. The second-order valence-electron chi connectivity index (χ2n) is 16.1. The van der Waals surface area contributed by atoms with Gasteiger partial charge in [0, 0.05) is 27.5 Å². The average molecular weight is 791 g/mol. The molecule has 0 spiro atoms. The van der Waals surface area contributed by atoms with Crippen LogP contribution in [0.2, 0.25) is 0 Å². The molecule has 9 aromatic carbocycles. The molecule has 0 unspecified atom stereocenters. The van der Waals surface area contributed by atoms with E-state index in [-0.39, 0.29) is 0 Å². The molecule has 0 amide bonds. The molecule has 0 aliphatic heterocycles. The van der Waals surface area contributed by atoms with Gasteiger partial charge in [0.2, 0.25) is 0 Å². The maximum Gasteiger partial charge on any atom is 0.160 e. The summed E-state index contributed by atoms with van der Waals surface area (Å²) >= 11 is 0. The van der Waals surface area contributed by atoms with Crippen LogP contribution in [0.4, 0.5) is 0 Å². The molecule has 290 valence electrons. The van der Waals surface area contributed by atoms with Crippen LogP contribution in [0.1, 0.15) is 22.3 Å². The van der Waals surface area contributed by atoms with Crippen LogP contribution >= 0.6 is 0 Å². The number of nitrogens with zero attached hydrogens (tertiary/aromatic N) is 2. The highest BCUT2D eigenvalue weighted by Crippen LogP contribution is 2.57. The van der Waals surface area contributed by atoms with Gasteiger partial charge in [-0.15, -0.1) is 0 Å². The second-order valence-corrected chi connectivity index (χ2v) is 16.1. The van der Waals surface area contributed by atoms with Gasteiger partial charge in [-0.05, 0) is 98.1 Å². The summed E-state index contributed by atoms with van der Waals surface area (Å²) in [6.45, 7) is 0. The van der Waals surface area contributed by atoms with Crippen molar-refractivity contribution in [2.24, 2.45) is 0 Å². The van der Waals surface area contributed by atoms with Crippen molar-refractivity contribution in [3.63, 3.8) is 0 Å². The van der Waals surface area contributed by atoms with Crippen molar-refractivity contribution in [2.45, 2.75) is 5.41 Å². The van der Waals surface area contributed by atoms with E-state index in [1.54, 1.807) is 0 Å².